The van der Waals surface area contributed by atoms with Crippen molar-refractivity contribution in [3.8, 4) is 6.07 Å². The van der Waals surface area contributed by atoms with Crippen molar-refractivity contribution in [3.05, 3.63) is 40.4 Å². The fraction of sp³-hybridized carbons (Fsp3) is 0.357. The van der Waals surface area contributed by atoms with Gasteiger partial charge in [-0.3, -0.25) is 0 Å². The molecule has 3 heteroatoms. The Morgan fingerprint density at radius 1 is 1.41 bits per heavy atom. The van der Waals surface area contributed by atoms with Crippen LogP contribution in [0.5, 0.6) is 0 Å². The first kappa shape index (κ1) is 10.9. The lowest BCUT2D eigenvalue weighted by Gasteiger charge is -2.41. The fourth-order valence-electron chi connectivity index (χ4n) is 2.82. The van der Waals surface area contributed by atoms with E-state index in [4.69, 9.17) is 5.26 Å². The lowest BCUT2D eigenvalue weighted by molar-refractivity contribution is 0.218. The molecule has 3 atom stereocenters. The predicted molar refractivity (Wildman–Crippen MR) is 71.6 cm³/mol. The summed E-state index contributed by atoms with van der Waals surface area (Å²) in [5.41, 5.74) is 1.67. The van der Waals surface area contributed by atoms with Crippen LogP contribution in [0.3, 0.4) is 0 Å². The minimum atomic E-state index is 0.500. The minimum absolute atomic E-state index is 0.500. The van der Waals surface area contributed by atoms with Crippen molar-refractivity contribution in [2.45, 2.75) is 18.9 Å². The molecule has 1 fully saturated rings. The quantitative estimate of drug-likeness (QED) is 0.843. The number of hydrogen-bond acceptors (Lipinski definition) is 2. The summed E-state index contributed by atoms with van der Waals surface area (Å²) >= 11 is 3.45. The maximum Gasteiger partial charge on any atom is 0.101 e. The van der Waals surface area contributed by atoms with E-state index < -0.39 is 0 Å². The highest BCUT2D eigenvalue weighted by molar-refractivity contribution is 9.10. The van der Waals surface area contributed by atoms with Crippen molar-refractivity contribution in [2.24, 2.45) is 11.8 Å². The molecule has 1 N–H and O–H groups in total. The van der Waals surface area contributed by atoms with E-state index in [2.05, 4.69) is 39.5 Å². The predicted octanol–water partition coefficient (Wildman–Crippen LogP) is 3.70. The van der Waals surface area contributed by atoms with Crippen LogP contribution in [0.15, 0.2) is 34.8 Å². The van der Waals surface area contributed by atoms with Gasteiger partial charge in [-0.25, -0.2) is 0 Å². The van der Waals surface area contributed by atoms with Crippen LogP contribution in [0.4, 0.5) is 5.69 Å². The molecule has 2 aliphatic rings. The first-order chi connectivity index (χ1) is 8.28. The number of nitrogens with zero attached hydrogens (tertiary/aromatic N) is 1. The average Bonchev–Trinajstić information content (AvgIpc) is 2.68. The normalized spacial score (nSPS) is 29.3. The number of nitriles is 1. The Bertz CT molecular complexity index is 515. The maximum atomic E-state index is 9.08. The second-order valence-corrected chi connectivity index (χ2v) is 5.71. The zero-order chi connectivity index (χ0) is 11.8. The van der Waals surface area contributed by atoms with Gasteiger partial charge >= 0.3 is 0 Å². The molecule has 0 saturated heterocycles. The summed E-state index contributed by atoms with van der Waals surface area (Å²) in [6.45, 7) is 0. The molecule has 17 heavy (non-hydrogen) atoms. The van der Waals surface area contributed by atoms with Crippen LogP contribution in [0.25, 0.3) is 0 Å². The molecule has 2 aliphatic carbocycles. The second-order valence-electron chi connectivity index (χ2n) is 4.79. The van der Waals surface area contributed by atoms with Gasteiger partial charge in [0.05, 0.1) is 11.3 Å². The largest absolute Gasteiger partial charge is 0.381 e. The molecule has 0 aromatic heterocycles. The van der Waals surface area contributed by atoms with Crippen molar-refractivity contribution in [2.75, 3.05) is 5.32 Å². The number of anilines is 1. The molecule has 0 amide bonds. The van der Waals surface area contributed by atoms with Crippen LogP contribution < -0.4 is 5.32 Å². The van der Waals surface area contributed by atoms with E-state index >= 15 is 0 Å². The third kappa shape index (κ3) is 1.87. The van der Waals surface area contributed by atoms with Crippen LogP contribution in [0.2, 0.25) is 0 Å². The van der Waals surface area contributed by atoms with Gasteiger partial charge in [-0.1, -0.05) is 28.1 Å². The van der Waals surface area contributed by atoms with Gasteiger partial charge in [-0.05, 0) is 37.0 Å². The van der Waals surface area contributed by atoms with Gasteiger partial charge in [0.1, 0.15) is 6.07 Å². The highest BCUT2D eigenvalue weighted by atomic mass is 79.9. The van der Waals surface area contributed by atoms with E-state index in [1.165, 1.54) is 12.8 Å². The van der Waals surface area contributed by atoms with E-state index in [-0.39, 0.29) is 0 Å². The van der Waals surface area contributed by atoms with Crippen LogP contribution in [0, 0.1) is 23.2 Å². The number of halogens is 1. The van der Waals surface area contributed by atoms with Crippen molar-refractivity contribution in [1.29, 1.82) is 5.26 Å². The Balaban J connectivity index is 1.79. The van der Waals surface area contributed by atoms with Gasteiger partial charge < -0.3 is 5.32 Å². The highest BCUT2D eigenvalue weighted by Gasteiger charge is 2.41. The summed E-state index contributed by atoms with van der Waals surface area (Å²) in [5.74, 6) is 1.51. The Kier molecular flexibility index (Phi) is 2.68. The molecule has 1 aromatic rings. The first-order valence-corrected chi connectivity index (χ1v) is 6.70. The molecule has 0 spiro atoms. The molecule has 3 unspecified atom stereocenters. The fourth-order valence-corrected chi connectivity index (χ4v) is 3.18. The van der Waals surface area contributed by atoms with Gasteiger partial charge in [-0.2, -0.15) is 5.26 Å². The third-order valence-corrected chi connectivity index (χ3v) is 4.30. The van der Waals surface area contributed by atoms with Crippen molar-refractivity contribution in [3.63, 3.8) is 0 Å². The van der Waals surface area contributed by atoms with Gasteiger partial charge in [0.25, 0.3) is 0 Å². The molecular formula is C14H13BrN2. The van der Waals surface area contributed by atoms with Crippen molar-refractivity contribution >= 4 is 21.6 Å². The first-order valence-electron chi connectivity index (χ1n) is 5.91. The summed E-state index contributed by atoms with van der Waals surface area (Å²) in [6.07, 6.45) is 7.04. The molecule has 1 saturated carbocycles. The summed E-state index contributed by atoms with van der Waals surface area (Å²) in [6, 6.07) is 8.49. The standard InChI is InChI=1S/C14H13BrN2/c15-11-5-4-10(8-16)13(7-11)17-14-6-9-2-1-3-12(9)14/h1,3-5,7,9,12,14,17H,2,6H2. The number of fused-ring (bicyclic) bond motifs is 1. The molecule has 2 nitrogen and oxygen atoms in total. The molecule has 1 aromatic carbocycles. The van der Waals surface area contributed by atoms with Gasteiger partial charge in [0, 0.05) is 16.4 Å². The summed E-state index contributed by atoms with van der Waals surface area (Å²) < 4.78 is 1.01. The van der Waals surface area contributed by atoms with E-state index in [1.54, 1.807) is 0 Å². The molecular weight excluding hydrogens is 276 g/mol. The minimum Gasteiger partial charge on any atom is -0.381 e. The Morgan fingerprint density at radius 3 is 3.06 bits per heavy atom. The van der Waals surface area contributed by atoms with E-state index in [9.17, 15) is 0 Å². The van der Waals surface area contributed by atoms with Crippen LogP contribution in [-0.4, -0.2) is 6.04 Å². The lowest BCUT2D eigenvalue weighted by Crippen LogP contribution is -2.43. The molecule has 0 bridgehead atoms. The molecule has 86 valence electrons. The van der Waals surface area contributed by atoms with Crippen molar-refractivity contribution < 1.29 is 0 Å². The Hall–Kier alpha value is -1.27. The number of nitrogens with one attached hydrogen (secondary N) is 1. The molecule has 3 rings (SSSR count). The van der Waals surface area contributed by atoms with Crippen LogP contribution in [-0.2, 0) is 0 Å². The SMILES string of the molecule is N#Cc1ccc(Br)cc1NC1CC2CC=CC21. The monoisotopic (exact) mass is 288 g/mol. The van der Waals surface area contributed by atoms with E-state index in [0.717, 1.165) is 21.6 Å². The second kappa shape index (κ2) is 4.19. The number of allylic oxidation sites excluding steroid dienone is 1. The zero-order valence-electron chi connectivity index (χ0n) is 9.36. The lowest BCUT2D eigenvalue weighted by atomic mass is 9.71. The summed E-state index contributed by atoms with van der Waals surface area (Å²) in [4.78, 5) is 0. The van der Waals surface area contributed by atoms with Gasteiger partial charge in [-0.15, -0.1) is 0 Å². The summed E-state index contributed by atoms with van der Waals surface area (Å²) in [7, 11) is 0. The van der Waals surface area contributed by atoms with Crippen molar-refractivity contribution in [1.82, 2.24) is 0 Å². The van der Waals surface area contributed by atoms with E-state index in [1.807, 2.05) is 18.2 Å². The molecule has 0 heterocycles. The Morgan fingerprint density at radius 2 is 2.29 bits per heavy atom. The smallest absolute Gasteiger partial charge is 0.101 e. The molecule has 0 aliphatic heterocycles. The summed E-state index contributed by atoms with van der Waals surface area (Å²) in [5, 5.41) is 12.6. The number of benzene rings is 1. The topological polar surface area (TPSA) is 35.8 Å². The molecule has 0 radical (unpaired) electrons. The van der Waals surface area contributed by atoms with Crippen LogP contribution >= 0.6 is 15.9 Å². The zero-order valence-corrected chi connectivity index (χ0v) is 10.9. The third-order valence-electron chi connectivity index (χ3n) is 3.81. The van der Waals surface area contributed by atoms with Gasteiger partial charge in [0.2, 0.25) is 0 Å². The Labute approximate surface area is 109 Å². The van der Waals surface area contributed by atoms with Crippen LogP contribution in [0.1, 0.15) is 18.4 Å². The van der Waals surface area contributed by atoms with Gasteiger partial charge in [0.15, 0.2) is 0 Å². The average molecular weight is 289 g/mol. The number of rotatable bonds is 2. The highest BCUT2D eigenvalue weighted by Crippen LogP contribution is 2.44. The van der Waals surface area contributed by atoms with E-state index in [0.29, 0.717) is 12.0 Å². The maximum absolute atomic E-state index is 9.08. The number of hydrogen-bond donors (Lipinski definition) is 1.